The van der Waals surface area contributed by atoms with Crippen molar-refractivity contribution in [1.29, 1.82) is 0 Å². The van der Waals surface area contributed by atoms with Crippen LogP contribution in [0.3, 0.4) is 0 Å². The lowest BCUT2D eigenvalue weighted by atomic mass is 10.1. The first-order valence-electron chi connectivity index (χ1n) is 12.7. The van der Waals surface area contributed by atoms with E-state index in [1.165, 1.54) is 6.20 Å². The van der Waals surface area contributed by atoms with Gasteiger partial charge in [0.25, 0.3) is 6.43 Å². The third-order valence-corrected chi connectivity index (χ3v) is 9.90. The van der Waals surface area contributed by atoms with Crippen LogP contribution in [0, 0.1) is 0 Å². The number of alkyl halides is 2. The van der Waals surface area contributed by atoms with Crippen molar-refractivity contribution in [3.8, 4) is 10.8 Å². The molecule has 2 aliphatic rings. The number of aromatic nitrogens is 4. The number of amides is 1. The summed E-state index contributed by atoms with van der Waals surface area (Å²) >= 11 is 0.721. The first kappa shape index (κ1) is 27.8. The number of nitrogens with one attached hydrogen (secondary N) is 1. The zero-order chi connectivity index (χ0) is 28.3. The Labute approximate surface area is 229 Å². The van der Waals surface area contributed by atoms with Crippen molar-refractivity contribution in [1.82, 2.24) is 34.1 Å². The molecule has 1 saturated heterocycles. The van der Waals surface area contributed by atoms with Gasteiger partial charge in [0.15, 0.2) is 15.8 Å². The fourth-order valence-corrected chi connectivity index (χ4v) is 7.04. The van der Waals surface area contributed by atoms with Gasteiger partial charge in [-0.15, -0.1) is 10.2 Å². The number of carbonyl (C=O) groups is 1. The molecule has 0 unspecified atom stereocenters. The Morgan fingerprint density at radius 2 is 1.90 bits per heavy atom. The maximum absolute atomic E-state index is 13.5. The predicted molar refractivity (Wildman–Crippen MR) is 144 cm³/mol. The van der Waals surface area contributed by atoms with Crippen LogP contribution in [-0.2, 0) is 14.8 Å². The van der Waals surface area contributed by atoms with E-state index in [0.29, 0.717) is 24.3 Å². The van der Waals surface area contributed by atoms with Crippen LogP contribution >= 0.6 is 11.3 Å². The van der Waals surface area contributed by atoms with E-state index in [0.717, 1.165) is 24.2 Å². The molecule has 4 heterocycles. The molecule has 3 aromatic rings. The molecule has 0 bridgehead atoms. The van der Waals surface area contributed by atoms with E-state index in [1.54, 1.807) is 35.7 Å². The standard InChI is InChI=1S/C24H32F2N8O3S2/c1-14-10-32(11-15(2)33(14)13-19(35)31(4)5)17-8-16(39(36,37)30-24(3)6-7-24)12-34-18(17)9-27-21(34)23-29-28-22(38-23)20(25)26/h8-9,12,14-15,20,30H,6-7,10-11,13H2,1-5H3/t14-,15-/m0/s1. The number of likely N-dealkylation sites (N-methyl/N-ethyl adjacent to an activating group) is 1. The monoisotopic (exact) mass is 582 g/mol. The number of imidazole rings is 1. The Morgan fingerprint density at radius 3 is 2.46 bits per heavy atom. The number of hydrogen-bond donors (Lipinski definition) is 1. The second-order valence-corrected chi connectivity index (χ2v) is 13.6. The molecule has 1 N–H and O–H groups in total. The van der Waals surface area contributed by atoms with Gasteiger partial charge in [0.05, 0.1) is 23.9 Å². The minimum Gasteiger partial charge on any atom is -0.367 e. The largest absolute Gasteiger partial charge is 0.367 e. The quantitative estimate of drug-likeness (QED) is 0.431. The lowest BCUT2D eigenvalue weighted by Gasteiger charge is -2.45. The van der Waals surface area contributed by atoms with Crippen LogP contribution in [0.2, 0.25) is 0 Å². The number of sulfonamides is 1. The van der Waals surface area contributed by atoms with E-state index in [1.807, 2.05) is 20.8 Å². The Morgan fingerprint density at radius 1 is 1.23 bits per heavy atom. The molecule has 11 nitrogen and oxygen atoms in total. The summed E-state index contributed by atoms with van der Waals surface area (Å²) in [6.45, 7) is 7.31. The third-order valence-electron chi connectivity index (χ3n) is 7.36. The summed E-state index contributed by atoms with van der Waals surface area (Å²) in [4.78, 5) is 22.7. The fraction of sp³-hybridized carbons (Fsp3) is 0.583. The van der Waals surface area contributed by atoms with Gasteiger partial charge in [-0.3, -0.25) is 14.1 Å². The van der Waals surface area contributed by atoms with Gasteiger partial charge >= 0.3 is 0 Å². The molecule has 0 aromatic carbocycles. The molecule has 15 heteroatoms. The maximum atomic E-state index is 13.5. The molecule has 0 radical (unpaired) electrons. The topological polar surface area (TPSA) is 116 Å². The molecule has 5 rings (SSSR count). The number of rotatable bonds is 8. The number of pyridine rings is 1. The van der Waals surface area contributed by atoms with Crippen molar-refractivity contribution in [3.63, 3.8) is 0 Å². The minimum atomic E-state index is -3.89. The molecular formula is C24H32F2N8O3S2. The van der Waals surface area contributed by atoms with Gasteiger partial charge in [-0.25, -0.2) is 26.9 Å². The first-order chi connectivity index (χ1) is 18.3. The van der Waals surface area contributed by atoms with Crippen LogP contribution in [0.5, 0.6) is 0 Å². The number of halogens is 2. The summed E-state index contributed by atoms with van der Waals surface area (Å²) in [7, 11) is -0.438. The molecule has 212 valence electrons. The van der Waals surface area contributed by atoms with Gasteiger partial charge in [-0.2, -0.15) is 0 Å². The van der Waals surface area contributed by atoms with E-state index in [-0.39, 0.29) is 40.3 Å². The smallest absolute Gasteiger partial charge is 0.291 e. The average molecular weight is 583 g/mol. The SMILES string of the molecule is C[C@H]1CN(c2cc(S(=O)(=O)NC3(C)CC3)cn3c(-c4nnc(C(F)F)s4)ncc23)C[C@H](C)N1CC(=O)N(C)C. The molecule has 1 amide bonds. The van der Waals surface area contributed by atoms with Gasteiger partial charge in [-0.05, 0) is 39.7 Å². The van der Waals surface area contributed by atoms with Gasteiger partial charge in [0.1, 0.15) is 4.90 Å². The van der Waals surface area contributed by atoms with Crippen molar-refractivity contribution in [2.24, 2.45) is 0 Å². The Kier molecular flexibility index (Phi) is 7.14. The van der Waals surface area contributed by atoms with E-state index in [4.69, 9.17) is 0 Å². The zero-order valence-electron chi connectivity index (χ0n) is 22.4. The number of nitrogens with zero attached hydrogens (tertiary/aromatic N) is 7. The average Bonchev–Trinajstić information content (AvgIpc) is 3.23. The molecule has 39 heavy (non-hydrogen) atoms. The highest BCUT2D eigenvalue weighted by Gasteiger charge is 2.42. The highest BCUT2D eigenvalue weighted by Crippen LogP contribution is 2.38. The second-order valence-electron chi connectivity index (χ2n) is 10.9. The van der Waals surface area contributed by atoms with Crippen LogP contribution in [0.1, 0.15) is 45.0 Å². The molecule has 2 atom stereocenters. The van der Waals surface area contributed by atoms with E-state index in [9.17, 15) is 22.0 Å². The van der Waals surface area contributed by atoms with Crippen molar-refractivity contribution >= 4 is 38.5 Å². The molecule has 2 fully saturated rings. The molecule has 1 saturated carbocycles. The van der Waals surface area contributed by atoms with Crippen LogP contribution in [0.15, 0.2) is 23.4 Å². The molecule has 1 aliphatic carbocycles. The summed E-state index contributed by atoms with van der Waals surface area (Å²) < 4.78 is 57.7. The van der Waals surface area contributed by atoms with Crippen LogP contribution in [0.25, 0.3) is 16.3 Å². The maximum Gasteiger partial charge on any atom is 0.291 e. The zero-order valence-corrected chi connectivity index (χ0v) is 24.1. The highest BCUT2D eigenvalue weighted by atomic mass is 32.2. The lowest BCUT2D eigenvalue weighted by molar-refractivity contribution is -0.131. The molecule has 0 spiro atoms. The minimum absolute atomic E-state index is 0.000572. The Hall–Kier alpha value is -2.75. The fourth-order valence-electron chi connectivity index (χ4n) is 4.86. The lowest BCUT2D eigenvalue weighted by Crippen LogP contribution is -2.58. The molecule has 3 aromatic heterocycles. The summed E-state index contributed by atoms with van der Waals surface area (Å²) in [5.74, 6) is 0.250. The van der Waals surface area contributed by atoms with Crippen molar-refractivity contribution < 1.29 is 22.0 Å². The highest BCUT2D eigenvalue weighted by molar-refractivity contribution is 7.89. The third kappa shape index (κ3) is 5.49. The number of hydrogen-bond acceptors (Lipinski definition) is 9. The summed E-state index contributed by atoms with van der Waals surface area (Å²) in [5.41, 5.74) is 0.783. The number of fused-ring (bicyclic) bond motifs is 1. The number of carbonyl (C=O) groups excluding carboxylic acids is 1. The van der Waals surface area contributed by atoms with Crippen molar-refractivity contribution in [3.05, 3.63) is 23.5 Å². The van der Waals surface area contributed by atoms with E-state index < -0.39 is 27.0 Å². The van der Waals surface area contributed by atoms with E-state index >= 15 is 0 Å². The van der Waals surface area contributed by atoms with Gasteiger partial charge < -0.3 is 9.80 Å². The Balaban J connectivity index is 1.57. The van der Waals surface area contributed by atoms with Crippen molar-refractivity contribution in [2.75, 3.05) is 38.6 Å². The number of anilines is 1. The van der Waals surface area contributed by atoms with Crippen LogP contribution in [0.4, 0.5) is 14.5 Å². The summed E-state index contributed by atoms with van der Waals surface area (Å²) in [5, 5.41) is 7.20. The van der Waals surface area contributed by atoms with Crippen LogP contribution in [-0.4, -0.2) is 95.1 Å². The van der Waals surface area contributed by atoms with E-state index in [2.05, 4.69) is 29.7 Å². The first-order valence-corrected chi connectivity index (χ1v) is 15.0. The molecular weight excluding hydrogens is 550 g/mol. The Bertz CT molecular complexity index is 1490. The number of piperazine rings is 1. The normalized spacial score (nSPS) is 21.6. The van der Waals surface area contributed by atoms with Gasteiger partial charge in [0, 0.05) is 51.0 Å². The predicted octanol–water partition coefficient (Wildman–Crippen LogP) is 2.61. The van der Waals surface area contributed by atoms with Crippen LogP contribution < -0.4 is 9.62 Å². The molecule has 1 aliphatic heterocycles. The van der Waals surface area contributed by atoms with Gasteiger partial charge in [0.2, 0.25) is 15.9 Å². The summed E-state index contributed by atoms with van der Waals surface area (Å²) in [6.07, 6.45) is 1.79. The van der Waals surface area contributed by atoms with Crippen molar-refractivity contribution in [2.45, 2.75) is 62.6 Å². The summed E-state index contributed by atoms with van der Waals surface area (Å²) in [6, 6.07) is 1.64. The van der Waals surface area contributed by atoms with Gasteiger partial charge in [-0.1, -0.05) is 11.3 Å². The second kappa shape index (κ2) is 10.0.